The summed E-state index contributed by atoms with van der Waals surface area (Å²) >= 11 is 0. The first kappa shape index (κ1) is 16.6. The Hall–Kier alpha value is -2.76. The van der Waals surface area contributed by atoms with E-state index in [0.717, 1.165) is 5.75 Å². The van der Waals surface area contributed by atoms with E-state index in [0.29, 0.717) is 25.4 Å². The molecular weight excluding hydrogens is 299 g/mol. The first-order valence-corrected chi connectivity index (χ1v) is 7.24. The van der Waals surface area contributed by atoms with Crippen molar-refractivity contribution in [1.29, 1.82) is 0 Å². The maximum atomic E-state index is 12.7. The fraction of sp³-hybridized carbons (Fsp3) is 0.235. The smallest absolute Gasteiger partial charge is 0.177 e. The molecule has 0 aliphatic rings. The van der Waals surface area contributed by atoms with E-state index in [1.165, 1.54) is 12.1 Å². The molecule has 0 aliphatic carbocycles. The van der Waals surface area contributed by atoms with Crippen LogP contribution in [0.25, 0.3) is 0 Å². The number of rotatable bonds is 9. The molecule has 0 spiro atoms. The highest BCUT2D eigenvalue weighted by Gasteiger charge is 1.97. The van der Waals surface area contributed by atoms with Crippen molar-refractivity contribution in [2.24, 2.45) is 10.9 Å². The number of benzene rings is 2. The minimum atomic E-state index is -0.289. The van der Waals surface area contributed by atoms with Gasteiger partial charge in [0.1, 0.15) is 30.5 Å². The molecule has 2 aromatic rings. The van der Waals surface area contributed by atoms with Crippen LogP contribution in [0.1, 0.15) is 6.42 Å². The zero-order chi connectivity index (χ0) is 16.3. The quantitative estimate of drug-likeness (QED) is 0.334. The molecule has 0 atom stereocenters. The molecule has 0 bridgehead atoms. The molecule has 5 nitrogen and oxygen atoms in total. The van der Waals surface area contributed by atoms with Crippen LogP contribution in [0, 0.1) is 5.82 Å². The van der Waals surface area contributed by atoms with Crippen LogP contribution < -0.4 is 15.2 Å². The molecule has 0 aromatic heterocycles. The van der Waals surface area contributed by atoms with Gasteiger partial charge in [0.05, 0.1) is 6.61 Å². The van der Waals surface area contributed by atoms with Gasteiger partial charge in [0.2, 0.25) is 0 Å². The van der Waals surface area contributed by atoms with E-state index < -0.39 is 0 Å². The molecule has 0 fully saturated rings. The molecule has 2 aromatic carbocycles. The molecule has 0 unspecified atom stereocenters. The van der Waals surface area contributed by atoms with E-state index in [1.807, 2.05) is 30.3 Å². The highest BCUT2D eigenvalue weighted by atomic mass is 19.1. The van der Waals surface area contributed by atoms with Gasteiger partial charge in [0.15, 0.2) is 5.84 Å². The van der Waals surface area contributed by atoms with Gasteiger partial charge in [0.25, 0.3) is 0 Å². The predicted octanol–water partition coefficient (Wildman–Crippen LogP) is 2.96. The van der Waals surface area contributed by atoms with E-state index in [4.69, 9.17) is 20.0 Å². The lowest BCUT2D eigenvalue weighted by molar-refractivity contribution is 0.126. The second-order valence-electron chi connectivity index (χ2n) is 4.67. The molecule has 0 heterocycles. The predicted molar refractivity (Wildman–Crippen MR) is 86.0 cm³/mol. The van der Waals surface area contributed by atoms with Gasteiger partial charge < -0.3 is 20.0 Å². The Morgan fingerprint density at radius 2 is 1.61 bits per heavy atom. The summed E-state index contributed by atoms with van der Waals surface area (Å²) in [5.41, 5.74) is 5.67. The molecule has 0 saturated heterocycles. The summed E-state index contributed by atoms with van der Waals surface area (Å²) in [6, 6.07) is 15.2. The minimum absolute atomic E-state index is 0.163. The van der Waals surface area contributed by atoms with Crippen LogP contribution in [0.3, 0.4) is 0 Å². The fourth-order valence-electron chi connectivity index (χ4n) is 1.67. The SMILES string of the molecule is NC(COc1ccccc1)=NOCCCOc1ccc(F)cc1. The summed E-state index contributed by atoms with van der Waals surface area (Å²) in [4.78, 5) is 5.08. The van der Waals surface area contributed by atoms with Crippen molar-refractivity contribution in [3.05, 3.63) is 60.4 Å². The molecule has 0 radical (unpaired) electrons. The molecule has 122 valence electrons. The lowest BCUT2D eigenvalue weighted by Gasteiger charge is -2.06. The Bertz CT molecular complexity index is 603. The number of oxime groups is 1. The number of nitrogens with two attached hydrogens (primary N) is 1. The van der Waals surface area contributed by atoms with Crippen LogP contribution >= 0.6 is 0 Å². The summed E-state index contributed by atoms with van der Waals surface area (Å²) < 4.78 is 23.6. The second kappa shape index (κ2) is 9.30. The first-order chi connectivity index (χ1) is 11.2. The maximum Gasteiger partial charge on any atom is 0.177 e. The second-order valence-corrected chi connectivity index (χ2v) is 4.67. The van der Waals surface area contributed by atoms with Crippen LogP contribution in [-0.2, 0) is 4.84 Å². The number of ether oxygens (including phenoxy) is 2. The lowest BCUT2D eigenvalue weighted by atomic mass is 10.3. The summed E-state index contributed by atoms with van der Waals surface area (Å²) in [5, 5.41) is 3.76. The van der Waals surface area contributed by atoms with Crippen LogP contribution in [0.15, 0.2) is 59.8 Å². The van der Waals surface area contributed by atoms with E-state index in [9.17, 15) is 4.39 Å². The number of halogens is 1. The molecule has 2 N–H and O–H groups in total. The summed E-state index contributed by atoms with van der Waals surface area (Å²) in [6.07, 6.45) is 0.633. The van der Waals surface area contributed by atoms with Gasteiger partial charge in [0, 0.05) is 6.42 Å². The molecular formula is C17H19FN2O3. The van der Waals surface area contributed by atoms with Crippen molar-refractivity contribution in [2.45, 2.75) is 6.42 Å². The van der Waals surface area contributed by atoms with Gasteiger partial charge >= 0.3 is 0 Å². The lowest BCUT2D eigenvalue weighted by Crippen LogP contribution is -2.21. The summed E-state index contributed by atoms with van der Waals surface area (Å²) in [6.45, 7) is 0.977. The average molecular weight is 318 g/mol. The van der Waals surface area contributed by atoms with Crippen molar-refractivity contribution < 1.29 is 18.7 Å². The third-order valence-electron chi connectivity index (χ3n) is 2.77. The van der Waals surface area contributed by atoms with Gasteiger partial charge in [-0.15, -0.1) is 0 Å². The Balaban J connectivity index is 1.56. The van der Waals surface area contributed by atoms with Crippen molar-refractivity contribution in [2.75, 3.05) is 19.8 Å². The number of para-hydroxylation sites is 1. The van der Waals surface area contributed by atoms with Crippen LogP contribution in [-0.4, -0.2) is 25.7 Å². The Kier molecular flexibility index (Phi) is 6.71. The normalized spacial score (nSPS) is 11.1. The van der Waals surface area contributed by atoms with Crippen molar-refractivity contribution in [3.63, 3.8) is 0 Å². The van der Waals surface area contributed by atoms with Crippen molar-refractivity contribution in [3.8, 4) is 11.5 Å². The zero-order valence-corrected chi connectivity index (χ0v) is 12.7. The van der Waals surface area contributed by atoms with Crippen LogP contribution in [0.5, 0.6) is 11.5 Å². The van der Waals surface area contributed by atoms with Gasteiger partial charge in [-0.25, -0.2) is 4.39 Å². The summed E-state index contributed by atoms with van der Waals surface area (Å²) in [7, 11) is 0. The third kappa shape index (κ3) is 6.69. The topological polar surface area (TPSA) is 66.1 Å². The molecule has 6 heteroatoms. The summed E-state index contributed by atoms with van der Waals surface area (Å²) in [5.74, 6) is 1.31. The largest absolute Gasteiger partial charge is 0.493 e. The van der Waals surface area contributed by atoms with E-state index >= 15 is 0 Å². The van der Waals surface area contributed by atoms with E-state index in [2.05, 4.69) is 5.16 Å². The van der Waals surface area contributed by atoms with Gasteiger partial charge in [-0.1, -0.05) is 23.4 Å². The molecule has 0 saturated carbocycles. The van der Waals surface area contributed by atoms with Gasteiger partial charge in [-0.2, -0.15) is 0 Å². The number of amidine groups is 1. The van der Waals surface area contributed by atoms with Crippen molar-refractivity contribution in [1.82, 2.24) is 0 Å². The number of hydrogen-bond donors (Lipinski definition) is 1. The van der Waals surface area contributed by atoms with E-state index in [-0.39, 0.29) is 18.3 Å². The Morgan fingerprint density at radius 3 is 2.35 bits per heavy atom. The number of nitrogens with zero attached hydrogens (tertiary/aromatic N) is 1. The standard InChI is InChI=1S/C17H19FN2O3/c18-14-7-9-16(10-8-14)21-11-4-12-23-20-17(19)13-22-15-5-2-1-3-6-15/h1-3,5-10H,4,11-13H2,(H2,19,20). The zero-order valence-electron chi connectivity index (χ0n) is 12.7. The third-order valence-corrected chi connectivity index (χ3v) is 2.77. The van der Waals surface area contributed by atoms with Crippen molar-refractivity contribution >= 4 is 5.84 Å². The Labute approximate surface area is 134 Å². The number of hydrogen-bond acceptors (Lipinski definition) is 4. The fourth-order valence-corrected chi connectivity index (χ4v) is 1.67. The van der Waals surface area contributed by atoms with Crippen LogP contribution in [0.4, 0.5) is 4.39 Å². The highest BCUT2D eigenvalue weighted by Crippen LogP contribution is 2.11. The minimum Gasteiger partial charge on any atom is -0.493 e. The molecule has 0 amide bonds. The van der Waals surface area contributed by atoms with Gasteiger partial charge in [-0.3, -0.25) is 0 Å². The van der Waals surface area contributed by atoms with Gasteiger partial charge in [-0.05, 0) is 36.4 Å². The first-order valence-electron chi connectivity index (χ1n) is 7.24. The van der Waals surface area contributed by atoms with E-state index in [1.54, 1.807) is 12.1 Å². The highest BCUT2D eigenvalue weighted by molar-refractivity contribution is 5.81. The Morgan fingerprint density at radius 1 is 0.913 bits per heavy atom. The molecule has 23 heavy (non-hydrogen) atoms. The average Bonchev–Trinajstić information content (AvgIpc) is 2.58. The van der Waals surface area contributed by atoms with Crippen LogP contribution in [0.2, 0.25) is 0 Å². The molecule has 0 aliphatic heterocycles. The molecule has 2 rings (SSSR count). The maximum absolute atomic E-state index is 12.7. The monoisotopic (exact) mass is 318 g/mol.